The van der Waals surface area contributed by atoms with Gasteiger partial charge in [0.25, 0.3) is 11.8 Å². The van der Waals surface area contributed by atoms with Crippen molar-refractivity contribution < 1.29 is 22.8 Å². The molecule has 28 heavy (non-hydrogen) atoms. The summed E-state index contributed by atoms with van der Waals surface area (Å²) in [6.45, 7) is 3.27. The van der Waals surface area contributed by atoms with E-state index in [0.29, 0.717) is 28.8 Å². The van der Waals surface area contributed by atoms with Gasteiger partial charge in [0.2, 0.25) is 0 Å². The van der Waals surface area contributed by atoms with Crippen LogP contribution in [0.1, 0.15) is 54.9 Å². The van der Waals surface area contributed by atoms with Gasteiger partial charge in [-0.25, -0.2) is 8.42 Å². The Morgan fingerprint density at radius 2 is 1.71 bits per heavy atom. The van der Waals surface area contributed by atoms with E-state index >= 15 is 0 Å². The van der Waals surface area contributed by atoms with Crippen molar-refractivity contribution in [3.8, 4) is 0 Å². The zero-order chi connectivity index (χ0) is 20.2. The van der Waals surface area contributed by atoms with Crippen LogP contribution in [-0.4, -0.2) is 53.5 Å². The van der Waals surface area contributed by atoms with Crippen molar-refractivity contribution in [1.82, 2.24) is 9.47 Å². The van der Waals surface area contributed by atoms with Gasteiger partial charge in [0.1, 0.15) is 0 Å². The predicted molar refractivity (Wildman–Crippen MR) is 102 cm³/mol. The largest absolute Gasteiger partial charge is 0.344 e. The molecule has 0 unspecified atom stereocenters. The molecule has 0 N–H and O–H groups in total. The number of carbonyl (C=O) groups excluding carboxylic acids is 3. The smallest absolute Gasteiger partial charge is 0.261 e. The molecule has 2 aromatic rings. The average Bonchev–Trinajstić information content (AvgIpc) is 3.23. The second-order valence-electron chi connectivity index (χ2n) is 7.38. The number of amides is 2. The summed E-state index contributed by atoms with van der Waals surface area (Å²) in [5.74, 6) is -1.06. The molecule has 1 aromatic carbocycles. The Bertz CT molecular complexity index is 1090. The highest BCUT2D eigenvalue weighted by Gasteiger charge is 2.37. The van der Waals surface area contributed by atoms with Gasteiger partial charge in [-0.1, -0.05) is 12.1 Å². The van der Waals surface area contributed by atoms with Gasteiger partial charge >= 0.3 is 0 Å². The molecule has 8 heteroatoms. The number of aromatic nitrogens is 1. The minimum absolute atomic E-state index is 0.0649. The highest BCUT2D eigenvalue weighted by molar-refractivity contribution is 7.91. The second kappa shape index (κ2) is 6.41. The maximum atomic E-state index is 12.9. The molecular weight excluding hydrogens is 380 g/mol. The topological polar surface area (TPSA) is 93.5 Å². The molecule has 1 fully saturated rings. The lowest BCUT2D eigenvalue weighted by molar-refractivity contribution is 0.0624. The SMILES string of the molecule is Cc1cc(C(=O)CN2C(=O)c3ccccc3C2=O)c(C)n1[C@H]1CCS(=O)(=O)C1. The number of sulfone groups is 1. The fourth-order valence-corrected chi connectivity index (χ4v) is 5.91. The van der Waals surface area contributed by atoms with Crippen LogP contribution in [0.5, 0.6) is 0 Å². The summed E-state index contributed by atoms with van der Waals surface area (Å²) in [5.41, 5.74) is 2.49. The first-order valence-electron chi connectivity index (χ1n) is 9.07. The minimum Gasteiger partial charge on any atom is -0.344 e. The van der Waals surface area contributed by atoms with Gasteiger partial charge < -0.3 is 4.57 Å². The molecule has 4 rings (SSSR count). The summed E-state index contributed by atoms with van der Waals surface area (Å²) in [5, 5.41) is 0. The zero-order valence-electron chi connectivity index (χ0n) is 15.6. The van der Waals surface area contributed by atoms with E-state index in [9.17, 15) is 22.8 Å². The number of carbonyl (C=O) groups is 3. The molecule has 0 saturated carbocycles. The van der Waals surface area contributed by atoms with Crippen LogP contribution in [-0.2, 0) is 9.84 Å². The molecule has 1 aromatic heterocycles. The van der Waals surface area contributed by atoms with Crippen molar-refractivity contribution in [3.63, 3.8) is 0 Å². The van der Waals surface area contributed by atoms with Crippen LogP contribution in [0.15, 0.2) is 30.3 Å². The molecule has 0 aliphatic carbocycles. The van der Waals surface area contributed by atoms with E-state index in [0.717, 1.165) is 10.6 Å². The van der Waals surface area contributed by atoms with Crippen LogP contribution in [0, 0.1) is 13.8 Å². The number of imide groups is 1. The third-order valence-corrected chi connectivity index (χ3v) is 7.29. The maximum Gasteiger partial charge on any atom is 0.261 e. The predicted octanol–water partition coefficient (Wildman–Crippen LogP) is 1.94. The quantitative estimate of drug-likeness (QED) is 0.578. The van der Waals surface area contributed by atoms with Crippen molar-refractivity contribution in [3.05, 3.63) is 58.4 Å². The van der Waals surface area contributed by atoms with Crippen molar-refractivity contribution >= 4 is 27.4 Å². The molecule has 3 heterocycles. The summed E-state index contributed by atoms with van der Waals surface area (Å²) in [6, 6.07) is 8.03. The fraction of sp³-hybridized carbons (Fsp3) is 0.350. The van der Waals surface area contributed by atoms with E-state index in [1.54, 1.807) is 37.3 Å². The standard InChI is InChI=1S/C20H20N2O5S/c1-12-9-17(13(2)22(12)14-7-8-28(26,27)11-14)18(23)10-21-19(24)15-5-3-4-6-16(15)20(21)25/h3-6,9,14H,7-8,10-11H2,1-2H3/t14-/m0/s1. The van der Waals surface area contributed by atoms with Gasteiger partial charge in [-0.3, -0.25) is 19.3 Å². The van der Waals surface area contributed by atoms with Gasteiger partial charge in [-0.05, 0) is 38.5 Å². The molecule has 2 aliphatic heterocycles. The molecule has 2 amide bonds. The molecule has 2 aliphatic rings. The van der Waals surface area contributed by atoms with E-state index in [-0.39, 0.29) is 29.9 Å². The molecule has 146 valence electrons. The molecule has 7 nitrogen and oxygen atoms in total. The number of aryl methyl sites for hydroxylation is 1. The molecule has 1 saturated heterocycles. The molecule has 1 atom stereocenters. The first-order valence-corrected chi connectivity index (χ1v) is 10.9. The normalized spacial score (nSPS) is 20.6. The van der Waals surface area contributed by atoms with Gasteiger partial charge in [0, 0.05) is 23.0 Å². The number of benzene rings is 1. The summed E-state index contributed by atoms with van der Waals surface area (Å²) in [4.78, 5) is 38.9. The first-order chi connectivity index (χ1) is 13.2. The Hall–Kier alpha value is -2.74. The van der Waals surface area contributed by atoms with Crippen LogP contribution >= 0.6 is 0 Å². The fourth-order valence-electron chi connectivity index (χ4n) is 4.21. The second-order valence-corrected chi connectivity index (χ2v) is 9.61. The van der Waals surface area contributed by atoms with Gasteiger partial charge in [-0.15, -0.1) is 0 Å². The van der Waals surface area contributed by atoms with Crippen LogP contribution < -0.4 is 0 Å². The third kappa shape index (κ3) is 2.88. The Morgan fingerprint density at radius 1 is 1.11 bits per heavy atom. The number of hydrogen-bond donors (Lipinski definition) is 0. The van der Waals surface area contributed by atoms with E-state index in [1.165, 1.54) is 0 Å². The van der Waals surface area contributed by atoms with E-state index in [4.69, 9.17) is 0 Å². The third-order valence-electron chi connectivity index (χ3n) is 5.54. The van der Waals surface area contributed by atoms with Crippen LogP contribution in [0.25, 0.3) is 0 Å². The lowest BCUT2D eigenvalue weighted by atomic mass is 10.1. The number of ketones is 1. The first kappa shape index (κ1) is 18.6. The van der Waals surface area contributed by atoms with Crippen molar-refractivity contribution in [2.24, 2.45) is 0 Å². The number of hydrogen-bond acceptors (Lipinski definition) is 5. The summed E-state index contributed by atoms with van der Waals surface area (Å²) < 4.78 is 25.5. The van der Waals surface area contributed by atoms with Gasteiger partial charge in [0.05, 0.1) is 29.2 Å². The van der Waals surface area contributed by atoms with Crippen molar-refractivity contribution in [2.45, 2.75) is 26.3 Å². The monoisotopic (exact) mass is 400 g/mol. The van der Waals surface area contributed by atoms with E-state index < -0.39 is 21.7 Å². The summed E-state index contributed by atoms with van der Waals surface area (Å²) >= 11 is 0. The van der Waals surface area contributed by atoms with Gasteiger partial charge in [0.15, 0.2) is 15.6 Å². The van der Waals surface area contributed by atoms with Crippen LogP contribution in [0.2, 0.25) is 0 Å². The number of fused-ring (bicyclic) bond motifs is 1. The molecule has 0 bridgehead atoms. The lowest BCUT2D eigenvalue weighted by Gasteiger charge is -2.17. The Morgan fingerprint density at radius 3 is 2.25 bits per heavy atom. The Labute approximate surface area is 162 Å². The average molecular weight is 400 g/mol. The summed E-state index contributed by atoms with van der Waals surface area (Å²) in [6.07, 6.45) is 0.519. The number of nitrogens with zero attached hydrogens (tertiary/aromatic N) is 2. The molecule has 0 radical (unpaired) electrons. The van der Waals surface area contributed by atoms with E-state index in [1.807, 2.05) is 11.5 Å². The van der Waals surface area contributed by atoms with Gasteiger partial charge in [-0.2, -0.15) is 0 Å². The Kier molecular flexibility index (Phi) is 4.26. The lowest BCUT2D eigenvalue weighted by Crippen LogP contribution is -2.35. The maximum absolute atomic E-state index is 12.9. The molecular formula is C20H20N2O5S. The van der Waals surface area contributed by atoms with E-state index in [2.05, 4.69) is 0 Å². The minimum atomic E-state index is -3.06. The molecule has 0 spiro atoms. The van der Waals surface area contributed by atoms with Crippen LogP contribution in [0.3, 0.4) is 0 Å². The van der Waals surface area contributed by atoms with Crippen molar-refractivity contribution in [1.29, 1.82) is 0 Å². The number of Topliss-reactive ketones (excluding diaryl/α,β-unsaturated/α-hetero) is 1. The number of rotatable bonds is 4. The highest BCUT2D eigenvalue weighted by atomic mass is 32.2. The van der Waals surface area contributed by atoms with Crippen LogP contribution in [0.4, 0.5) is 0 Å². The Balaban J connectivity index is 1.60. The van der Waals surface area contributed by atoms with Crippen molar-refractivity contribution in [2.75, 3.05) is 18.1 Å². The zero-order valence-corrected chi connectivity index (χ0v) is 16.5. The summed E-state index contributed by atoms with van der Waals surface area (Å²) in [7, 11) is -3.06. The highest BCUT2D eigenvalue weighted by Crippen LogP contribution is 2.30.